The molecule has 1 aromatic carbocycles. The molecule has 0 unspecified atom stereocenters. The van der Waals surface area contributed by atoms with Crippen molar-refractivity contribution in [3.05, 3.63) is 33.9 Å². The van der Waals surface area contributed by atoms with Crippen LogP contribution in [0.25, 0.3) is 0 Å². The molecule has 0 saturated carbocycles. The van der Waals surface area contributed by atoms with E-state index in [-0.39, 0.29) is 23.7 Å². The number of alkyl halides is 3. The molecule has 3 rings (SSSR count). The van der Waals surface area contributed by atoms with Gasteiger partial charge in [-0.25, -0.2) is 0 Å². The van der Waals surface area contributed by atoms with Gasteiger partial charge in [-0.3, -0.25) is 14.9 Å². The summed E-state index contributed by atoms with van der Waals surface area (Å²) in [6.07, 6.45) is -2.95. The van der Waals surface area contributed by atoms with E-state index in [4.69, 9.17) is 0 Å². The van der Waals surface area contributed by atoms with Crippen LogP contribution in [0, 0.1) is 22.0 Å². The number of nitrogens with zero attached hydrogens (tertiary/aromatic N) is 2. The van der Waals surface area contributed by atoms with Gasteiger partial charge in [0, 0.05) is 19.2 Å². The van der Waals surface area contributed by atoms with E-state index in [0.717, 1.165) is 44.1 Å². The van der Waals surface area contributed by atoms with Crippen LogP contribution in [-0.2, 0) is 0 Å². The number of carbonyl (C=O) groups is 1. The fourth-order valence-corrected chi connectivity index (χ4v) is 3.69. The van der Waals surface area contributed by atoms with Gasteiger partial charge in [0.05, 0.1) is 4.92 Å². The van der Waals surface area contributed by atoms with E-state index in [1.807, 2.05) is 0 Å². The molecule has 0 spiro atoms. The topological polar surface area (TPSA) is 84.7 Å². The first-order valence-corrected chi connectivity index (χ1v) is 8.72. The van der Waals surface area contributed by atoms with Crippen molar-refractivity contribution >= 4 is 24.0 Å². The Balaban J connectivity index is 0.00000280. The average molecular weight is 424 g/mol. The van der Waals surface area contributed by atoms with E-state index in [0.29, 0.717) is 24.9 Å². The van der Waals surface area contributed by atoms with Crippen LogP contribution in [0.3, 0.4) is 0 Å². The van der Waals surface area contributed by atoms with Gasteiger partial charge < -0.3 is 15.0 Å². The fourth-order valence-electron chi connectivity index (χ4n) is 3.69. The molecule has 2 fully saturated rings. The molecule has 0 radical (unpaired) electrons. The highest BCUT2D eigenvalue weighted by Crippen LogP contribution is 2.30. The summed E-state index contributed by atoms with van der Waals surface area (Å²) in [6, 6.07) is 3.11. The maximum atomic E-state index is 12.9. The molecule has 156 valence electrons. The molecule has 2 aliphatic rings. The van der Waals surface area contributed by atoms with Crippen LogP contribution >= 0.6 is 12.4 Å². The Kier molecular flexibility index (Phi) is 7.11. The van der Waals surface area contributed by atoms with Crippen molar-refractivity contribution in [1.82, 2.24) is 10.2 Å². The maximum absolute atomic E-state index is 12.9. The predicted molar refractivity (Wildman–Crippen MR) is 96.9 cm³/mol. The second kappa shape index (κ2) is 8.95. The summed E-state index contributed by atoms with van der Waals surface area (Å²) in [5.74, 6) is 0.169. The third kappa shape index (κ3) is 5.26. The molecule has 0 bridgehead atoms. The van der Waals surface area contributed by atoms with Gasteiger partial charge in [-0.1, -0.05) is 0 Å². The molecular weight excluding hydrogens is 403 g/mol. The zero-order valence-corrected chi connectivity index (χ0v) is 15.7. The number of benzene rings is 1. The molecule has 11 heteroatoms. The van der Waals surface area contributed by atoms with Crippen LogP contribution in [0.2, 0.25) is 0 Å². The minimum Gasteiger partial charge on any atom is -0.484 e. The summed E-state index contributed by atoms with van der Waals surface area (Å²) < 4.78 is 41.7. The summed E-state index contributed by atoms with van der Waals surface area (Å²) in [7, 11) is 0. The van der Waals surface area contributed by atoms with E-state index in [1.54, 1.807) is 4.90 Å². The monoisotopic (exact) mass is 423 g/mol. The normalized spacial score (nSPS) is 22.0. The first-order chi connectivity index (χ1) is 12.7. The zero-order chi connectivity index (χ0) is 19.6. The van der Waals surface area contributed by atoms with Crippen molar-refractivity contribution in [3.8, 4) is 5.75 Å². The average Bonchev–Trinajstić information content (AvgIpc) is 2.97. The number of halogens is 4. The number of rotatable bonds is 4. The van der Waals surface area contributed by atoms with E-state index in [9.17, 15) is 28.1 Å². The number of fused-ring (bicyclic) bond motifs is 1. The van der Waals surface area contributed by atoms with E-state index >= 15 is 0 Å². The number of hydrogen-bond donors (Lipinski definition) is 1. The molecule has 1 N–H and O–H groups in total. The quantitative estimate of drug-likeness (QED) is 0.594. The Labute approximate surface area is 165 Å². The Bertz CT molecular complexity index is 718. The van der Waals surface area contributed by atoms with Gasteiger partial charge in [0.1, 0.15) is 11.3 Å². The molecule has 7 nitrogen and oxygen atoms in total. The molecule has 28 heavy (non-hydrogen) atoms. The summed E-state index contributed by atoms with van der Waals surface area (Å²) in [4.78, 5) is 25.0. The summed E-state index contributed by atoms with van der Waals surface area (Å²) in [5.41, 5.74) is -0.685. The number of nitrogens with one attached hydrogen (secondary N) is 1. The molecular formula is C17H21ClF3N3O4. The lowest BCUT2D eigenvalue weighted by atomic mass is 9.92. The third-order valence-corrected chi connectivity index (χ3v) is 5.10. The lowest BCUT2D eigenvalue weighted by Gasteiger charge is -2.21. The van der Waals surface area contributed by atoms with Gasteiger partial charge >= 0.3 is 6.18 Å². The number of carbonyl (C=O) groups excluding carboxylic acids is 1. The van der Waals surface area contributed by atoms with Crippen LogP contribution in [0.1, 0.15) is 23.2 Å². The van der Waals surface area contributed by atoms with Crippen LogP contribution in [-0.4, -0.2) is 54.7 Å². The highest BCUT2D eigenvalue weighted by atomic mass is 35.5. The number of nitro benzene ring substituents is 1. The van der Waals surface area contributed by atoms with Gasteiger partial charge in [0.15, 0.2) is 6.61 Å². The Morgan fingerprint density at radius 2 is 1.86 bits per heavy atom. The first kappa shape index (κ1) is 22.2. The second-order valence-corrected chi connectivity index (χ2v) is 6.89. The first-order valence-electron chi connectivity index (χ1n) is 8.72. The minimum absolute atomic E-state index is 0. The molecule has 1 aromatic rings. The van der Waals surface area contributed by atoms with Crippen molar-refractivity contribution in [2.45, 2.75) is 19.0 Å². The van der Waals surface area contributed by atoms with E-state index < -0.39 is 29.3 Å². The van der Waals surface area contributed by atoms with E-state index in [1.165, 1.54) is 0 Å². The van der Waals surface area contributed by atoms with Crippen LogP contribution in [0.4, 0.5) is 18.9 Å². The van der Waals surface area contributed by atoms with Crippen LogP contribution in [0.15, 0.2) is 18.2 Å². The second-order valence-electron chi connectivity index (χ2n) is 6.89. The molecule has 2 heterocycles. The molecule has 2 aliphatic heterocycles. The van der Waals surface area contributed by atoms with Gasteiger partial charge in [-0.05, 0) is 49.9 Å². The van der Waals surface area contributed by atoms with E-state index in [2.05, 4.69) is 10.1 Å². The van der Waals surface area contributed by atoms with Gasteiger partial charge in [0.25, 0.3) is 11.6 Å². The van der Waals surface area contributed by atoms with Gasteiger partial charge in [-0.2, -0.15) is 13.2 Å². The fraction of sp³-hybridized carbons (Fsp3) is 0.588. The summed E-state index contributed by atoms with van der Waals surface area (Å²) in [5, 5.41) is 14.6. The van der Waals surface area contributed by atoms with Crippen molar-refractivity contribution in [3.63, 3.8) is 0 Å². The van der Waals surface area contributed by atoms with Crippen molar-refractivity contribution < 1.29 is 27.6 Å². The molecule has 0 aromatic heterocycles. The third-order valence-electron chi connectivity index (χ3n) is 5.10. The van der Waals surface area contributed by atoms with Gasteiger partial charge in [0.2, 0.25) is 0 Å². The molecule has 2 atom stereocenters. The maximum Gasteiger partial charge on any atom is 0.422 e. The Morgan fingerprint density at radius 3 is 2.39 bits per heavy atom. The number of amides is 1. The lowest BCUT2D eigenvalue weighted by Crippen LogP contribution is -2.33. The zero-order valence-electron chi connectivity index (χ0n) is 14.9. The number of likely N-dealkylation sites (tertiary alicyclic amines) is 1. The number of nitro groups is 1. The Hall–Kier alpha value is -2.07. The van der Waals surface area contributed by atoms with Gasteiger partial charge in [-0.15, -0.1) is 12.4 Å². The number of hydrogen-bond acceptors (Lipinski definition) is 5. The summed E-state index contributed by atoms with van der Waals surface area (Å²) in [6.45, 7) is 1.19. The van der Waals surface area contributed by atoms with Crippen molar-refractivity contribution in [2.75, 3.05) is 32.8 Å². The van der Waals surface area contributed by atoms with Crippen LogP contribution in [0.5, 0.6) is 5.75 Å². The minimum atomic E-state index is -4.54. The highest BCUT2D eigenvalue weighted by Gasteiger charge is 2.34. The molecule has 2 saturated heterocycles. The predicted octanol–water partition coefficient (Wildman–Crippen LogP) is 3.03. The lowest BCUT2D eigenvalue weighted by molar-refractivity contribution is -0.385. The number of ether oxygens (including phenoxy) is 1. The highest BCUT2D eigenvalue weighted by molar-refractivity contribution is 5.98. The van der Waals surface area contributed by atoms with Crippen molar-refractivity contribution in [2.24, 2.45) is 11.8 Å². The summed E-state index contributed by atoms with van der Waals surface area (Å²) >= 11 is 0. The molecule has 1 amide bonds. The Morgan fingerprint density at radius 1 is 1.25 bits per heavy atom. The standard InChI is InChI=1S/C17H20F3N3O4.ClH/c18-17(19,20)10-27-13-1-2-15(23(25)26)14(7-13)16(24)22-5-3-11-8-21-9-12(11)4-6-22;/h1-2,7,11-12,21H,3-6,8-10H2;1H/t11-,12+;. The van der Waals surface area contributed by atoms with Crippen molar-refractivity contribution in [1.29, 1.82) is 0 Å². The van der Waals surface area contributed by atoms with Crippen LogP contribution < -0.4 is 10.1 Å². The molecule has 0 aliphatic carbocycles. The largest absolute Gasteiger partial charge is 0.484 e. The SMILES string of the molecule is Cl.O=C(c1cc(OCC(F)(F)F)ccc1[N+](=O)[O-])N1CC[C@@H]2CNC[C@@H]2CC1. The smallest absolute Gasteiger partial charge is 0.422 e.